The lowest BCUT2D eigenvalue weighted by molar-refractivity contribution is 0.0938. The summed E-state index contributed by atoms with van der Waals surface area (Å²) in [6, 6.07) is 4.59. The first-order chi connectivity index (χ1) is 10.3. The van der Waals surface area contributed by atoms with Crippen LogP contribution in [0.3, 0.4) is 0 Å². The molecule has 1 aromatic heterocycles. The first-order valence-electron chi connectivity index (χ1n) is 8.28. The Balaban J connectivity index is 1.79. The summed E-state index contributed by atoms with van der Waals surface area (Å²) in [4.78, 5) is 19.4. The molecular weight excluding hydrogens is 262 g/mol. The van der Waals surface area contributed by atoms with Crippen LogP contribution < -0.4 is 10.2 Å². The van der Waals surface area contributed by atoms with Gasteiger partial charge in [0, 0.05) is 24.8 Å². The maximum atomic E-state index is 12.6. The van der Waals surface area contributed by atoms with E-state index in [0.717, 1.165) is 30.8 Å². The van der Waals surface area contributed by atoms with Gasteiger partial charge in [-0.3, -0.25) is 4.79 Å². The van der Waals surface area contributed by atoms with E-state index in [1.54, 1.807) is 6.20 Å². The number of carbonyl (C=O) groups is 1. The fourth-order valence-electron chi connectivity index (χ4n) is 3.55. The molecule has 4 heteroatoms. The van der Waals surface area contributed by atoms with Crippen molar-refractivity contribution in [3.8, 4) is 0 Å². The van der Waals surface area contributed by atoms with E-state index in [0.29, 0.717) is 12.1 Å². The van der Waals surface area contributed by atoms with E-state index in [-0.39, 0.29) is 5.91 Å². The number of hydrogen-bond acceptors (Lipinski definition) is 3. The van der Waals surface area contributed by atoms with Gasteiger partial charge in [0.15, 0.2) is 0 Å². The summed E-state index contributed by atoms with van der Waals surface area (Å²) in [5, 5.41) is 3.18. The quantitative estimate of drug-likeness (QED) is 0.929. The lowest BCUT2D eigenvalue weighted by Crippen LogP contribution is -2.40. The lowest BCUT2D eigenvalue weighted by atomic mass is 10.0. The van der Waals surface area contributed by atoms with Gasteiger partial charge < -0.3 is 10.2 Å². The third kappa shape index (κ3) is 3.20. The summed E-state index contributed by atoms with van der Waals surface area (Å²) in [6.45, 7) is 3.23. The highest BCUT2D eigenvalue weighted by Gasteiger charge is 2.25. The zero-order valence-electron chi connectivity index (χ0n) is 12.8. The Morgan fingerprint density at radius 3 is 2.76 bits per heavy atom. The number of nitrogens with zero attached hydrogens (tertiary/aromatic N) is 2. The van der Waals surface area contributed by atoms with Gasteiger partial charge in [-0.15, -0.1) is 0 Å². The predicted molar refractivity (Wildman–Crippen MR) is 84.6 cm³/mol. The second kappa shape index (κ2) is 6.46. The molecule has 2 aliphatic rings. The number of anilines is 1. The summed E-state index contributed by atoms with van der Waals surface area (Å²) >= 11 is 0. The number of amides is 1. The Morgan fingerprint density at radius 1 is 1.24 bits per heavy atom. The van der Waals surface area contributed by atoms with Gasteiger partial charge in [0.1, 0.15) is 5.82 Å². The van der Waals surface area contributed by atoms with E-state index >= 15 is 0 Å². The highest BCUT2D eigenvalue weighted by atomic mass is 16.1. The molecule has 1 saturated heterocycles. The number of carbonyl (C=O) groups excluding carboxylic acids is 1. The molecule has 0 unspecified atom stereocenters. The van der Waals surface area contributed by atoms with E-state index in [9.17, 15) is 4.79 Å². The number of nitrogens with one attached hydrogen (secondary N) is 1. The molecule has 0 bridgehead atoms. The Kier molecular flexibility index (Phi) is 4.42. The maximum absolute atomic E-state index is 12.6. The monoisotopic (exact) mass is 287 g/mol. The van der Waals surface area contributed by atoms with Crippen molar-refractivity contribution in [2.45, 2.75) is 64.0 Å². The molecule has 1 atom stereocenters. The van der Waals surface area contributed by atoms with Crippen molar-refractivity contribution < 1.29 is 4.79 Å². The minimum absolute atomic E-state index is 0.0442. The molecule has 114 valence electrons. The lowest BCUT2D eigenvalue weighted by Gasteiger charge is -2.35. The van der Waals surface area contributed by atoms with E-state index < -0.39 is 0 Å². The van der Waals surface area contributed by atoms with Crippen molar-refractivity contribution in [1.82, 2.24) is 10.3 Å². The zero-order chi connectivity index (χ0) is 14.7. The minimum Gasteiger partial charge on any atom is -0.353 e. The van der Waals surface area contributed by atoms with Crippen molar-refractivity contribution in [2.24, 2.45) is 0 Å². The van der Waals surface area contributed by atoms with Crippen LogP contribution in [0, 0.1) is 0 Å². The SMILES string of the molecule is C[C@H]1CCCCN1c1ncccc1C(=O)NC1CCCC1. The van der Waals surface area contributed by atoms with Gasteiger partial charge in [-0.05, 0) is 51.2 Å². The average molecular weight is 287 g/mol. The van der Waals surface area contributed by atoms with Crippen LogP contribution in [0.5, 0.6) is 0 Å². The van der Waals surface area contributed by atoms with Crippen LogP contribution in [0.1, 0.15) is 62.2 Å². The molecule has 1 N–H and O–H groups in total. The highest BCUT2D eigenvalue weighted by Crippen LogP contribution is 2.26. The number of piperidine rings is 1. The van der Waals surface area contributed by atoms with Crippen molar-refractivity contribution in [1.29, 1.82) is 0 Å². The zero-order valence-corrected chi connectivity index (χ0v) is 12.8. The Labute approximate surface area is 126 Å². The average Bonchev–Trinajstić information content (AvgIpc) is 3.01. The van der Waals surface area contributed by atoms with Crippen molar-refractivity contribution in [3.05, 3.63) is 23.9 Å². The van der Waals surface area contributed by atoms with Crippen LogP contribution in [-0.4, -0.2) is 29.5 Å². The Bertz CT molecular complexity index is 497. The standard InChI is InChI=1S/C17H25N3O/c1-13-7-4-5-12-20(13)16-15(10-6-11-18-16)17(21)19-14-8-2-3-9-14/h6,10-11,13-14H,2-5,7-9,12H2,1H3,(H,19,21)/t13-/m0/s1. The molecule has 1 saturated carbocycles. The van der Waals surface area contributed by atoms with Crippen LogP contribution in [-0.2, 0) is 0 Å². The van der Waals surface area contributed by atoms with E-state index in [2.05, 4.69) is 22.1 Å². The second-order valence-electron chi connectivity index (χ2n) is 6.37. The summed E-state index contributed by atoms with van der Waals surface area (Å²) in [6.07, 6.45) is 10.1. The number of pyridine rings is 1. The van der Waals surface area contributed by atoms with Gasteiger partial charge in [-0.2, -0.15) is 0 Å². The second-order valence-corrected chi connectivity index (χ2v) is 6.37. The van der Waals surface area contributed by atoms with Crippen LogP contribution in [0.2, 0.25) is 0 Å². The van der Waals surface area contributed by atoms with Gasteiger partial charge in [0.05, 0.1) is 5.56 Å². The number of rotatable bonds is 3. The van der Waals surface area contributed by atoms with E-state index in [1.165, 1.54) is 32.1 Å². The summed E-state index contributed by atoms with van der Waals surface area (Å²) in [5.74, 6) is 0.906. The van der Waals surface area contributed by atoms with Gasteiger partial charge in [-0.1, -0.05) is 12.8 Å². The van der Waals surface area contributed by atoms with Crippen LogP contribution in [0.15, 0.2) is 18.3 Å². The smallest absolute Gasteiger partial charge is 0.255 e. The molecule has 21 heavy (non-hydrogen) atoms. The summed E-state index contributed by atoms with van der Waals surface area (Å²) in [7, 11) is 0. The van der Waals surface area contributed by atoms with Gasteiger partial charge in [0.25, 0.3) is 5.91 Å². The topological polar surface area (TPSA) is 45.2 Å². The third-order valence-electron chi connectivity index (χ3n) is 4.80. The van der Waals surface area contributed by atoms with Crippen LogP contribution in [0.25, 0.3) is 0 Å². The van der Waals surface area contributed by atoms with Crippen molar-refractivity contribution in [3.63, 3.8) is 0 Å². The summed E-state index contributed by atoms with van der Waals surface area (Å²) < 4.78 is 0. The normalized spacial score (nSPS) is 23.3. The fourth-order valence-corrected chi connectivity index (χ4v) is 3.55. The number of aromatic nitrogens is 1. The van der Waals surface area contributed by atoms with Gasteiger partial charge in [-0.25, -0.2) is 4.98 Å². The molecule has 3 rings (SSSR count). The molecule has 4 nitrogen and oxygen atoms in total. The predicted octanol–water partition coefficient (Wildman–Crippen LogP) is 3.13. The largest absolute Gasteiger partial charge is 0.353 e. The van der Waals surface area contributed by atoms with Gasteiger partial charge >= 0.3 is 0 Å². The van der Waals surface area contributed by atoms with Crippen LogP contribution >= 0.6 is 0 Å². The molecule has 1 aromatic rings. The summed E-state index contributed by atoms with van der Waals surface area (Å²) in [5.41, 5.74) is 0.734. The molecule has 0 aromatic carbocycles. The molecule has 1 amide bonds. The molecular formula is C17H25N3O. The first-order valence-corrected chi connectivity index (χ1v) is 8.28. The van der Waals surface area contributed by atoms with Gasteiger partial charge in [0.2, 0.25) is 0 Å². The Morgan fingerprint density at radius 2 is 2.00 bits per heavy atom. The van der Waals surface area contributed by atoms with E-state index in [4.69, 9.17) is 0 Å². The molecule has 2 fully saturated rings. The Hall–Kier alpha value is -1.58. The third-order valence-corrected chi connectivity index (χ3v) is 4.80. The minimum atomic E-state index is 0.0442. The molecule has 2 heterocycles. The molecule has 0 radical (unpaired) electrons. The van der Waals surface area contributed by atoms with Crippen molar-refractivity contribution in [2.75, 3.05) is 11.4 Å². The maximum Gasteiger partial charge on any atom is 0.255 e. The number of hydrogen-bond donors (Lipinski definition) is 1. The molecule has 1 aliphatic carbocycles. The van der Waals surface area contributed by atoms with Crippen LogP contribution in [0.4, 0.5) is 5.82 Å². The molecule has 1 aliphatic heterocycles. The van der Waals surface area contributed by atoms with Crippen molar-refractivity contribution >= 4 is 11.7 Å². The first kappa shape index (κ1) is 14.4. The highest BCUT2D eigenvalue weighted by molar-refractivity contribution is 5.99. The molecule has 0 spiro atoms. The fraction of sp³-hybridized carbons (Fsp3) is 0.647. The van der Waals surface area contributed by atoms with E-state index in [1.807, 2.05) is 12.1 Å².